The molecule has 0 spiro atoms. The smallest absolute Gasteiger partial charge is 0.252 e. The zero-order valence-electron chi connectivity index (χ0n) is 27.2. The topological polar surface area (TPSA) is 75.3 Å². The summed E-state index contributed by atoms with van der Waals surface area (Å²) in [5.74, 6) is 5.33. The fourth-order valence-electron chi connectivity index (χ4n) is 11.5. The van der Waals surface area contributed by atoms with Crippen molar-refractivity contribution in [2.24, 2.45) is 46.3 Å². The number of amides is 2. The van der Waals surface area contributed by atoms with Crippen molar-refractivity contribution >= 4 is 63.9 Å². The van der Waals surface area contributed by atoms with E-state index in [4.69, 9.17) is 23.2 Å². The molecule has 2 aromatic carbocycles. The molecule has 0 aliphatic heterocycles. The van der Waals surface area contributed by atoms with E-state index in [1.807, 2.05) is 30.3 Å². The predicted octanol–water partition coefficient (Wildman–Crippen LogP) is 9.31. The molecule has 0 unspecified atom stereocenters. The Morgan fingerprint density at radius 3 is 1.51 bits per heavy atom. The number of halogens is 3. The number of rotatable bonds is 9. The van der Waals surface area contributed by atoms with Gasteiger partial charge in [0.25, 0.3) is 11.8 Å². The first-order valence-corrected chi connectivity index (χ1v) is 19.7. The summed E-state index contributed by atoms with van der Waals surface area (Å²) in [6.45, 7) is 1.61. The van der Waals surface area contributed by atoms with Crippen molar-refractivity contribution in [1.29, 1.82) is 0 Å². The summed E-state index contributed by atoms with van der Waals surface area (Å²) >= 11 is 14.6. The Bertz CT molecular complexity index is 1450. The van der Waals surface area contributed by atoms with E-state index >= 15 is 0 Å². The Balaban J connectivity index is 0.000000151. The van der Waals surface area contributed by atoms with Gasteiger partial charge in [0, 0.05) is 23.1 Å². The molecule has 10 rings (SSSR count). The molecule has 8 fully saturated rings. The molecule has 8 aliphatic rings. The minimum atomic E-state index is -0.0753. The monoisotopic (exact) mass is 788 g/mol. The molecule has 0 saturated heterocycles. The average molecular weight is 790 g/mol. The van der Waals surface area contributed by atoms with Crippen molar-refractivity contribution in [3.63, 3.8) is 0 Å². The fraction of sp³-hybridized carbons (Fsp3) is 0.615. The molecule has 2 amide bonds. The summed E-state index contributed by atoms with van der Waals surface area (Å²) in [4.78, 5) is 35.8. The fourth-order valence-corrected chi connectivity index (χ4v) is 12.4. The van der Waals surface area contributed by atoms with Gasteiger partial charge in [0.2, 0.25) is 0 Å². The van der Waals surface area contributed by atoms with Crippen molar-refractivity contribution < 1.29 is 14.4 Å². The Hall–Kier alpha value is -1.64. The maximum absolute atomic E-state index is 12.7. The van der Waals surface area contributed by atoms with E-state index in [0.717, 1.165) is 64.0 Å². The second-order valence-electron chi connectivity index (χ2n) is 16.3. The number of carbonyl (C=O) groups is 3. The SMILES string of the molecule is O=C(NCC12CC3CC(CC(C3)C1)C2)c1cc(I)ccc1Cl.O=CCCc1ccc(Cl)c(C(=O)NCC23CC4CC(CC(C4)C2)C3)c1. The molecule has 0 atom stereocenters. The van der Waals surface area contributed by atoms with Crippen molar-refractivity contribution in [2.75, 3.05) is 13.1 Å². The molecule has 8 heteroatoms. The largest absolute Gasteiger partial charge is 0.351 e. The summed E-state index contributed by atoms with van der Waals surface area (Å²) in [7, 11) is 0. The molecular formula is C39H47Cl2IN2O3. The third-order valence-electron chi connectivity index (χ3n) is 12.6. The van der Waals surface area contributed by atoms with Crippen molar-refractivity contribution in [3.8, 4) is 0 Å². The molecule has 8 bridgehead atoms. The summed E-state index contributed by atoms with van der Waals surface area (Å²) in [5, 5.41) is 7.41. The number of carbonyl (C=O) groups excluding carboxylic acids is 3. The lowest BCUT2D eigenvalue weighted by molar-refractivity contribution is -0.107. The first-order valence-electron chi connectivity index (χ1n) is 17.8. The lowest BCUT2D eigenvalue weighted by atomic mass is 9.49. The Morgan fingerprint density at radius 2 is 1.09 bits per heavy atom. The highest BCUT2D eigenvalue weighted by atomic mass is 127. The normalized spacial score (nSPS) is 34.0. The van der Waals surface area contributed by atoms with Crippen LogP contribution in [0, 0.1) is 49.9 Å². The molecule has 5 nitrogen and oxygen atoms in total. The van der Waals surface area contributed by atoms with Crippen molar-refractivity contribution in [1.82, 2.24) is 10.6 Å². The Morgan fingerprint density at radius 1 is 0.681 bits per heavy atom. The molecule has 47 heavy (non-hydrogen) atoms. The van der Waals surface area contributed by atoms with Gasteiger partial charge in [-0.25, -0.2) is 0 Å². The molecule has 0 aromatic heterocycles. The Labute approximate surface area is 303 Å². The van der Waals surface area contributed by atoms with Gasteiger partial charge >= 0.3 is 0 Å². The highest BCUT2D eigenvalue weighted by Gasteiger charge is 2.52. The van der Waals surface area contributed by atoms with E-state index in [-0.39, 0.29) is 11.8 Å². The molecule has 0 radical (unpaired) electrons. The molecule has 8 aliphatic carbocycles. The van der Waals surface area contributed by atoms with Gasteiger partial charge in [-0.2, -0.15) is 0 Å². The maximum atomic E-state index is 12.7. The summed E-state index contributed by atoms with van der Waals surface area (Å²) in [6, 6.07) is 11.1. The van der Waals surface area contributed by atoms with E-state index in [0.29, 0.717) is 44.8 Å². The van der Waals surface area contributed by atoms with E-state index in [9.17, 15) is 14.4 Å². The minimum absolute atomic E-state index is 0.0146. The number of nitrogens with one attached hydrogen (secondary N) is 2. The van der Waals surface area contributed by atoms with Crippen LogP contribution in [0.1, 0.15) is 110 Å². The number of aryl methyl sites for hydroxylation is 1. The quantitative estimate of drug-likeness (QED) is 0.197. The average Bonchev–Trinajstić information content (AvgIpc) is 3.02. The second kappa shape index (κ2) is 13.9. The molecule has 2 N–H and O–H groups in total. The minimum Gasteiger partial charge on any atom is -0.351 e. The summed E-state index contributed by atoms with van der Waals surface area (Å²) in [6.07, 6.45) is 18.4. The van der Waals surface area contributed by atoms with Gasteiger partial charge in [-0.15, -0.1) is 0 Å². The van der Waals surface area contributed by atoms with Crippen LogP contribution in [0.4, 0.5) is 0 Å². The van der Waals surface area contributed by atoms with Gasteiger partial charge in [0.15, 0.2) is 0 Å². The zero-order chi connectivity index (χ0) is 32.8. The number of hydrogen-bond donors (Lipinski definition) is 2. The standard InChI is InChI=1S/C21H26ClNO2.C18H21ClINO/c22-19-4-3-14(2-1-5-24)9-18(19)20(25)23-13-21-10-15-6-16(11-21)8-17(7-15)12-21;19-16-2-1-14(20)6-15(16)17(22)21-10-18-7-11-3-12(8-18)5-13(4-11)9-18/h3-5,9,15-17H,1-2,6-8,10-13H2,(H,23,25);1-2,6,11-13H,3-5,7-10H2,(H,21,22). The van der Waals surface area contributed by atoms with Crippen LogP contribution in [0.3, 0.4) is 0 Å². The summed E-state index contributed by atoms with van der Waals surface area (Å²) < 4.78 is 1.04. The lowest BCUT2D eigenvalue weighted by Gasteiger charge is -2.56. The molecule has 2 aromatic rings. The van der Waals surface area contributed by atoms with Crippen LogP contribution in [-0.4, -0.2) is 31.2 Å². The number of hydrogen-bond acceptors (Lipinski definition) is 3. The van der Waals surface area contributed by atoms with E-state index in [1.165, 1.54) is 77.0 Å². The van der Waals surface area contributed by atoms with Crippen LogP contribution >= 0.6 is 45.8 Å². The number of aldehydes is 1. The van der Waals surface area contributed by atoms with E-state index in [2.05, 4.69) is 33.2 Å². The van der Waals surface area contributed by atoms with Gasteiger partial charge in [0.1, 0.15) is 6.29 Å². The first kappa shape index (κ1) is 33.8. The highest BCUT2D eigenvalue weighted by molar-refractivity contribution is 14.1. The molecule has 252 valence electrons. The zero-order valence-corrected chi connectivity index (χ0v) is 30.8. The third-order valence-corrected chi connectivity index (χ3v) is 13.9. The molecule has 8 saturated carbocycles. The van der Waals surface area contributed by atoms with Crippen LogP contribution in [-0.2, 0) is 11.2 Å². The highest BCUT2D eigenvalue weighted by Crippen LogP contribution is 2.60. The second-order valence-corrected chi connectivity index (χ2v) is 18.4. The van der Waals surface area contributed by atoms with E-state index in [1.54, 1.807) is 6.07 Å². The first-order chi connectivity index (χ1) is 22.6. The van der Waals surface area contributed by atoms with Gasteiger partial charge in [0.05, 0.1) is 21.2 Å². The van der Waals surface area contributed by atoms with Crippen molar-refractivity contribution in [2.45, 2.75) is 89.9 Å². The van der Waals surface area contributed by atoms with Crippen LogP contribution in [0.15, 0.2) is 36.4 Å². The molecular weight excluding hydrogens is 742 g/mol. The maximum Gasteiger partial charge on any atom is 0.252 e. The van der Waals surface area contributed by atoms with Crippen LogP contribution in [0.5, 0.6) is 0 Å². The molecule has 0 heterocycles. The number of benzene rings is 2. The Kier molecular flexibility index (Phi) is 10.0. The van der Waals surface area contributed by atoms with Gasteiger partial charge in [-0.3, -0.25) is 9.59 Å². The van der Waals surface area contributed by atoms with Crippen LogP contribution < -0.4 is 10.6 Å². The predicted molar refractivity (Wildman–Crippen MR) is 196 cm³/mol. The van der Waals surface area contributed by atoms with Gasteiger partial charge in [-0.05, 0) is 188 Å². The van der Waals surface area contributed by atoms with Crippen LogP contribution in [0.25, 0.3) is 0 Å². The summed E-state index contributed by atoms with van der Waals surface area (Å²) in [5.41, 5.74) is 2.83. The van der Waals surface area contributed by atoms with Crippen molar-refractivity contribution in [3.05, 3.63) is 66.7 Å². The van der Waals surface area contributed by atoms with E-state index < -0.39 is 0 Å². The van der Waals surface area contributed by atoms with Gasteiger partial charge in [-0.1, -0.05) is 29.3 Å². The van der Waals surface area contributed by atoms with Crippen LogP contribution in [0.2, 0.25) is 10.0 Å². The lowest BCUT2D eigenvalue weighted by Crippen LogP contribution is -2.51. The van der Waals surface area contributed by atoms with Gasteiger partial charge < -0.3 is 15.4 Å². The third kappa shape index (κ3) is 7.60.